The first-order valence-corrected chi connectivity index (χ1v) is 7.00. The standard InChI is InChI=1S/C16H25NO2/c1-11(17-14-10-15(18)16(14,2)3)9-12-5-7-13(19-4)8-6-12/h5-8,11,14-15,17-18H,9-10H2,1-4H3. The van der Waals surface area contributed by atoms with Crippen LogP contribution in [0.15, 0.2) is 24.3 Å². The van der Waals surface area contributed by atoms with Crippen LogP contribution in [0.5, 0.6) is 5.75 Å². The Labute approximate surface area is 116 Å². The fraction of sp³-hybridized carbons (Fsp3) is 0.625. The molecular formula is C16H25NO2. The Morgan fingerprint density at radius 1 is 1.37 bits per heavy atom. The van der Waals surface area contributed by atoms with Gasteiger partial charge in [-0.2, -0.15) is 0 Å². The molecule has 1 aromatic rings. The molecule has 0 amide bonds. The molecule has 1 aliphatic carbocycles. The molecule has 3 atom stereocenters. The van der Waals surface area contributed by atoms with Gasteiger partial charge < -0.3 is 15.2 Å². The van der Waals surface area contributed by atoms with Crippen molar-refractivity contribution in [3.63, 3.8) is 0 Å². The SMILES string of the molecule is COc1ccc(CC(C)NC2CC(O)C2(C)C)cc1. The Kier molecular flexibility index (Phi) is 4.16. The molecule has 2 rings (SSSR count). The van der Waals surface area contributed by atoms with Gasteiger partial charge in [-0.05, 0) is 37.5 Å². The number of nitrogens with one attached hydrogen (secondary N) is 1. The maximum absolute atomic E-state index is 9.75. The van der Waals surface area contributed by atoms with Crippen molar-refractivity contribution in [2.45, 2.75) is 51.8 Å². The lowest BCUT2D eigenvalue weighted by Crippen LogP contribution is -2.61. The number of methoxy groups -OCH3 is 1. The van der Waals surface area contributed by atoms with E-state index in [4.69, 9.17) is 4.74 Å². The Balaban J connectivity index is 1.86. The van der Waals surface area contributed by atoms with Gasteiger partial charge in [0, 0.05) is 17.5 Å². The van der Waals surface area contributed by atoms with E-state index in [1.54, 1.807) is 7.11 Å². The van der Waals surface area contributed by atoms with E-state index in [0.717, 1.165) is 18.6 Å². The van der Waals surface area contributed by atoms with Crippen molar-refractivity contribution in [1.82, 2.24) is 5.32 Å². The van der Waals surface area contributed by atoms with Crippen LogP contribution >= 0.6 is 0 Å². The molecule has 0 aliphatic heterocycles. The lowest BCUT2D eigenvalue weighted by molar-refractivity contribution is -0.0752. The van der Waals surface area contributed by atoms with Gasteiger partial charge >= 0.3 is 0 Å². The molecule has 3 nitrogen and oxygen atoms in total. The third-order valence-electron chi connectivity index (χ3n) is 4.40. The van der Waals surface area contributed by atoms with E-state index in [9.17, 15) is 5.11 Å². The maximum Gasteiger partial charge on any atom is 0.118 e. The quantitative estimate of drug-likeness (QED) is 0.857. The molecular weight excluding hydrogens is 238 g/mol. The van der Waals surface area contributed by atoms with Crippen LogP contribution in [0.4, 0.5) is 0 Å². The number of aliphatic hydroxyl groups excluding tert-OH is 1. The van der Waals surface area contributed by atoms with Crippen LogP contribution in [0.3, 0.4) is 0 Å². The molecule has 1 aromatic carbocycles. The number of aliphatic hydroxyl groups is 1. The Morgan fingerprint density at radius 2 is 2.00 bits per heavy atom. The van der Waals surface area contributed by atoms with E-state index in [2.05, 4.69) is 38.2 Å². The molecule has 1 aliphatic rings. The number of ether oxygens (including phenoxy) is 1. The van der Waals surface area contributed by atoms with E-state index in [1.807, 2.05) is 12.1 Å². The molecule has 106 valence electrons. The van der Waals surface area contributed by atoms with Crippen LogP contribution in [-0.2, 0) is 6.42 Å². The van der Waals surface area contributed by atoms with Gasteiger partial charge in [0.1, 0.15) is 5.75 Å². The minimum Gasteiger partial charge on any atom is -0.497 e. The summed E-state index contributed by atoms with van der Waals surface area (Å²) in [5.41, 5.74) is 1.30. The highest BCUT2D eigenvalue weighted by atomic mass is 16.5. The smallest absolute Gasteiger partial charge is 0.118 e. The largest absolute Gasteiger partial charge is 0.497 e. The summed E-state index contributed by atoms with van der Waals surface area (Å²) in [5, 5.41) is 13.4. The van der Waals surface area contributed by atoms with Crippen molar-refractivity contribution >= 4 is 0 Å². The van der Waals surface area contributed by atoms with Crippen LogP contribution in [0.25, 0.3) is 0 Å². The van der Waals surface area contributed by atoms with E-state index < -0.39 is 0 Å². The maximum atomic E-state index is 9.75. The summed E-state index contributed by atoms with van der Waals surface area (Å²) >= 11 is 0. The van der Waals surface area contributed by atoms with Gasteiger partial charge in [0.2, 0.25) is 0 Å². The summed E-state index contributed by atoms with van der Waals surface area (Å²) in [6, 6.07) is 9.04. The summed E-state index contributed by atoms with van der Waals surface area (Å²) in [5.74, 6) is 0.896. The zero-order valence-electron chi connectivity index (χ0n) is 12.3. The van der Waals surface area contributed by atoms with Gasteiger partial charge in [-0.3, -0.25) is 0 Å². The number of rotatable bonds is 5. The molecule has 1 saturated carbocycles. The van der Waals surface area contributed by atoms with Crippen LogP contribution in [0, 0.1) is 5.41 Å². The molecule has 3 unspecified atom stereocenters. The Hall–Kier alpha value is -1.06. The van der Waals surface area contributed by atoms with Crippen molar-refractivity contribution in [3.8, 4) is 5.75 Å². The predicted octanol–water partition coefficient (Wildman–Crippen LogP) is 2.38. The molecule has 1 fully saturated rings. The van der Waals surface area contributed by atoms with E-state index in [1.165, 1.54) is 5.56 Å². The molecule has 3 heteroatoms. The number of hydrogen-bond acceptors (Lipinski definition) is 3. The summed E-state index contributed by atoms with van der Waals surface area (Å²) in [4.78, 5) is 0. The average Bonchev–Trinajstić information content (AvgIpc) is 2.39. The molecule has 0 spiro atoms. The topological polar surface area (TPSA) is 41.5 Å². The van der Waals surface area contributed by atoms with E-state index >= 15 is 0 Å². The van der Waals surface area contributed by atoms with Crippen molar-refractivity contribution in [3.05, 3.63) is 29.8 Å². The predicted molar refractivity (Wildman–Crippen MR) is 77.5 cm³/mol. The second-order valence-corrected chi connectivity index (χ2v) is 6.25. The monoisotopic (exact) mass is 263 g/mol. The second-order valence-electron chi connectivity index (χ2n) is 6.25. The highest BCUT2D eigenvalue weighted by Gasteiger charge is 2.47. The highest BCUT2D eigenvalue weighted by molar-refractivity contribution is 5.27. The van der Waals surface area contributed by atoms with Crippen molar-refractivity contribution < 1.29 is 9.84 Å². The third-order valence-corrected chi connectivity index (χ3v) is 4.40. The summed E-state index contributed by atoms with van der Waals surface area (Å²) in [7, 11) is 1.68. The molecule has 0 aromatic heterocycles. The van der Waals surface area contributed by atoms with Gasteiger partial charge in [-0.25, -0.2) is 0 Å². The molecule has 2 N–H and O–H groups in total. The number of benzene rings is 1. The van der Waals surface area contributed by atoms with Gasteiger partial charge in [0.05, 0.1) is 13.2 Å². The summed E-state index contributed by atoms with van der Waals surface area (Å²) in [6.45, 7) is 6.45. The van der Waals surface area contributed by atoms with Crippen LogP contribution in [0.1, 0.15) is 32.8 Å². The molecule has 0 bridgehead atoms. The molecule has 0 heterocycles. The van der Waals surface area contributed by atoms with Crippen molar-refractivity contribution in [2.24, 2.45) is 5.41 Å². The first-order chi connectivity index (χ1) is 8.93. The van der Waals surface area contributed by atoms with E-state index in [-0.39, 0.29) is 11.5 Å². The molecule has 0 saturated heterocycles. The van der Waals surface area contributed by atoms with Gasteiger partial charge in [0.15, 0.2) is 0 Å². The van der Waals surface area contributed by atoms with Crippen molar-refractivity contribution in [2.75, 3.05) is 7.11 Å². The van der Waals surface area contributed by atoms with Gasteiger partial charge in [-0.1, -0.05) is 26.0 Å². The summed E-state index contributed by atoms with van der Waals surface area (Å²) < 4.78 is 5.16. The zero-order chi connectivity index (χ0) is 14.0. The number of hydrogen-bond donors (Lipinski definition) is 2. The van der Waals surface area contributed by atoms with Gasteiger partial charge in [0.25, 0.3) is 0 Å². The lowest BCUT2D eigenvalue weighted by atomic mass is 9.64. The fourth-order valence-electron chi connectivity index (χ4n) is 2.70. The Morgan fingerprint density at radius 3 is 2.47 bits per heavy atom. The first-order valence-electron chi connectivity index (χ1n) is 7.00. The van der Waals surface area contributed by atoms with Crippen LogP contribution in [0.2, 0.25) is 0 Å². The third kappa shape index (κ3) is 3.10. The minimum atomic E-state index is -0.168. The normalized spacial score (nSPS) is 26.6. The molecule has 19 heavy (non-hydrogen) atoms. The minimum absolute atomic E-state index is 0.00579. The van der Waals surface area contributed by atoms with Gasteiger partial charge in [-0.15, -0.1) is 0 Å². The van der Waals surface area contributed by atoms with Crippen LogP contribution < -0.4 is 10.1 Å². The first kappa shape index (κ1) is 14.4. The fourth-order valence-corrected chi connectivity index (χ4v) is 2.70. The lowest BCUT2D eigenvalue weighted by Gasteiger charge is -2.50. The van der Waals surface area contributed by atoms with Crippen molar-refractivity contribution in [1.29, 1.82) is 0 Å². The van der Waals surface area contributed by atoms with Crippen LogP contribution in [-0.4, -0.2) is 30.4 Å². The zero-order valence-corrected chi connectivity index (χ0v) is 12.3. The highest BCUT2D eigenvalue weighted by Crippen LogP contribution is 2.40. The second kappa shape index (κ2) is 5.51. The Bertz CT molecular complexity index is 413. The summed E-state index contributed by atoms with van der Waals surface area (Å²) in [6.07, 6.45) is 1.69. The molecule has 0 radical (unpaired) electrons. The average molecular weight is 263 g/mol. The van der Waals surface area contributed by atoms with E-state index in [0.29, 0.717) is 12.1 Å².